The maximum atomic E-state index is 13.3. The van der Waals surface area contributed by atoms with E-state index in [0.717, 1.165) is 44.5 Å². The summed E-state index contributed by atoms with van der Waals surface area (Å²) < 4.78 is 13.3. The van der Waals surface area contributed by atoms with Crippen LogP contribution >= 0.6 is 11.3 Å². The fraction of sp³-hybridized carbons (Fsp3) is 0.571. The number of ketones is 1. The lowest BCUT2D eigenvalue weighted by atomic mass is 9.88. The van der Waals surface area contributed by atoms with Gasteiger partial charge in [0.05, 0.1) is 10.6 Å². The number of anilines is 1. The van der Waals surface area contributed by atoms with Gasteiger partial charge in [-0.25, -0.2) is 19.0 Å². The van der Waals surface area contributed by atoms with Crippen LogP contribution in [0.5, 0.6) is 0 Å². The SMILES string of the molecule is CC(=O)c1sc(NC(=O)N[C@@H]2CCN(C(=O)N(C)C)C[C@H]2CN2CCC[C@@H](Cc3ccc(F)cc3)C2)nc1C. The zero-order valence-corrected chi connectivity index (χ0v) is 24.0. The van der Waals surface area contributed by atoms with Crippen LogP contribution in [-0.2, 0) is 6.42 Å². The molecule has 3 atom stereocenters. The maximum Gasteiger partial charge on any atom is 0.321 e. The van der Waals surface area contributed by atoms with Gasteiger partial charge in [-0.15, -0.1) is 0 Å². The maximum absolute atomic E-state index is 13.3. The summed E-state index contributed by atoms with van der Waals surface area (Å²) in [5, 5.41) is 6.32. The molecule has 1 aromatic heterocycles. The average Bonchev–Trinajstić information content (AvgIpc) is 3.26. The van der Waals surface area contributed by atoms with Crippen LogP contribution in [0.2, 0.25) is 0 Å². The third kappa shape index (κ3) is 7.76. The van der Waals surface area contributed by atoms with Crippen LogP contribution in [0, 0.1) is 24.6 Å². The molecule has 0 radical (unpaired) electrons. The molecule has 0 spiro atoms. The topological polar surface area (TPSA) is 97.9 Å². The second-order valence-electron chi connectivity index (χ2n) is 11.0. The zero-order valence-electron chi connectivity index (χ0n) is 23.2. The molecule has 2 aliphatic rings. The summed E-state index contributed by atoms with van der Waals surface area (Å²) in [7, 11) is 3.51. The molecule has 11 heteroatoms. The predicted octanol–water partition coefficient (Wildman–Crippen LogP) is 4.24. The summed E-state index contributed by atoms with van der Waals surface area (Å²) in [6, 6.07) is 6.28. The van der Waals surface area contributed by atoms with E-state index in [9.17, 15) is 18.8 Å². The summed E-state index contributed by atoms with van der Waals surface area (Å²) in [6.45, 7) is 7.05. The van der Waals surface area contributed by atoms with Gasteiger partial charge in [0.1, 0.15) is 5.82 Å². The Bertz CT molecular complexity index is 1170. The first-order valence-electron chi connectivity index (χ1n) is 13.6. The van der Waals surface area contributed by atoms with Crippen LogP contribution in [0.4, 0.5) is 19.1 Å². The summed E-state index contributed by atoms with van der Waals surface area (Å²) in [4.78, 5) is 48.2. The van der Waals surface area contributed by atoms with Gasteiger partial charge in [-0.2, -0.15) is 0 Å². The Morgan fingerprint density at radius 1 is 1.13 bits per heavy atom. The first kappa shape index (κ1) is 28.9. The van der Waals surface area contributed by atoms with E-state index in [2.05, 4.69) is 20.5 Å². The number of aryl methyl sites for hydroxylation is 1. The average molecular weight is 559 g/mol. The molecule has 0 saturated carbocycles. The monoisotopic (exact) mass is 558 g/mol. The molecule has 0 unspecified atom stereocenters. The van der Waals surface area contributed by atoms with Crippen LogP contribution in [0.3, 0.4) is 0 Å². The van der Waals surface area contributed by atoms with Crippen molar-refractivity contribution < 1.29 is 18.8 Å². The van der Waals surface area contributed by atoms with Gasteiger partial charge in [-0.05, 0) is 62.8 Å². The number of benzene rings is 1. The Kier molecular flexibility index (Phi) is 9.55. The highest BCUT2D eigenvalue weighted by Gasteiger charge is 2.35. The van der Waals surface area contributed by atoms with Crippen molar-refractivity contribution in [2.24, 2.45) is 11.8 Å². The molecule has 2 fully saturated rings. The van der Waals surface area contributed by atoms with Crippen LogP contribution in [0.15, 0.2) is 24.3 Å². The molecule has 212 valence electrons. The van der Waals surface area contributed by atoms with Crippen molar-refractivity contribution in [3.8, 4) is 0 Å². The second kappa shape index (κ2) is 12.9. The van der Waals surface area contributed by atoms with Crippen LogP contribution in [0.1, 0.15) is 47.1 Å². The Morgan fingerprint density at radius 2 is 1.87 bits per heavy atom. The zero-order chi connectivity index (χ0) is 28.1. The molecule has 9 nitrogen and oxygen atoms in total. The minimum absolute atomic E-state index is 0.0224. The van der Waals surface area contributed by atoms with Gasteiger partial charge in [0.2, 0.25) is 0 Å². The molecule has 4 rings (SSSR count). The van der Waals surface area contributed by atoms with E-state index in [4.69, 9.17) is 0 Å². The standard InChI is InChI=1S/C28H39FN6O3S/c1-18-25(19(2)36)39-27(30-18)32-26(37)31-24-11-13-35(28(38)33(3)4)17-22(24)16-34-12-5-6-21(15-34)14-20-7-9-23(29)10-8-20/h7-10,21-22,24H,5-6,11-17H2,1-4H3,(H2,30,31,32,37)/t21-,22+,24+/m0/s1. The van der Waals surface area contributed by atoms with E-state index in [1.165, 1.54) is 30.4 Å². The number of nitrogens with one attached hydrogen (secondary N) is 2. The predicted molar refractivity (Wildman–Crippen MR) is 151 cm³/mol. The highest BCUT2D eigenvalue weighted by molar-refractivity contribution is 7.17. The fourth-order valence-corrected chi connectivity index (χ4v) is 6.57. The van der Waals surface area contributed by atoms with E-state index >= 15 is 0 Å². The van der Waals surface area contributed by atoms with E-state index in [1.54, 1.807) is 25.9 Å². The minimum Gasteiger partial charge on any atom is -0.335 e. The van der Waals surface area contributed by atoms with Gasteiger partial charge in [-0.3, -0.25) is 10.1 Å². The summed E-state index contributed by atoms with van der Waals surface area (Å²) >= 11 is 1.18. The van der Waals surface area contributed by atoms with E-state index in [0.29, 0.717) is 41.1 Å². The first-order valence-corrected chi connectivity index (χ1v) is 14.4. The van der Waals surface area contributed by atoms with E-state index in [-0.39, 0.29) is 35.6 Å². The van der Waals surface area contributed by atoms with Crippen molar-refractivity contribution in [2.75, 3.05) is 52.1 Å². The smallest absolute Gasteiger partial charge is 0.321 e. The molecule has 0 bridgehead atoms. The summed E-state index contributed by atoms with van der Waals surface area (Å²) in [5.74, 6) is 0.246. The Morgan fingerprint density at radius 3 is 2.54 bits per heavy atom. The van der Waals surface area contributed by atoms with E-state index < -0.39 is 0 Å². The molecule has 4 amide bonds. The summed E-state index contributed by atoms with van der Waals surface area (Å²) in [6.07, 6.45) is 3.77. The number of carbonyl (C=O) groups excluding carboxylic acids is 3. The molecule has 2 aliphatic heterocycles. The third-order valence-corrected chi connectivity index (χ3v) is 8.75. The van der Waals surface area contributed by atoms with Crippen molar-refractivity contribution in [2.45, 2.75) is 45.6 Å². The summed E-state index contributed by atoms with van der Waals surface area (Å²) in [5.41, 5.74) is 1.75. The molecule has 3 heterocycles. The number of Topliss-reactive ketones (excluding diaryl/α,β-unsaturated/α-hetero) is 1. The number of hydrogen-bond acceptors (Lipinski definition) is 6. The first-order chi connectivity index (χ1) is 18.6. The lowest BCUT2D eigenvalue weighted by Crippen LogP contribution is -2.57. The van der Waals surface area contributed by atoms with Crippen LogP contribution in [0.25, 0.3) is 0 Å². The van der Waals surface area contributed by atoms with Gasteiger partial charge in [0.15, 0.2) is 10.9 Å². The number of carbonyl (C=O) groups is 3. The van der Waals surface area contributed by atoms with Crippen molar-refractivity contribution >= 4 is 34.3 Å². The fourth-order valence-electron chi connectivity index (χ4n) is 5.71. The number of halogens is 1. The number of thiazole rings is 1. The van der Waals surface area contributed by atoms with Gasteiger partial charge in [0, 0.05) is 59.2 Å². The second-order valence-corrected chi connectivity index (χ2v) is 12.0. The molecule has 39 heavy (non-hydrogen) atoms. The third-order valence-electron chi connectivity index (χ3n) is 7.57. The van der Waals surface area contributed by atoms with Crippen LogP contribution < -0.4 is 10.6 Å². The Hall–Kier alpha value is -3.05. The molecule has 2 aromatic rings. The van der Waals surface area contributed by atoms with Crippen LogP contribution in [-0.4, -0.2) is 90.4 Å². The molecule has 2 N–H and O–H groups in total. The van der Waals surface area contributed by atoms with Crippen molar-refractivity contribution in [1.29, 1.82) is 0 Å². The van der Waals surface area contributed by atoms with Gasteiger partial charge in [0.25, 0.3) is 0 Å². The lowest BCUT2D eigenvalue weighted by molar-refractivity contribution is 0.0880. The van der Waals surface area contributed by atoms with Gasteiger partial charge < -0.3 is 20.0 Å². The number of nitrogens with zero attached hydrogens (tertiary/aromatic N) is 4. The molecular formula is C28H39FN6O3S. The number of hydrogen-bond donors (Lipinski definition) is 2. The van der Waals surface area contributed by atoms with Gasteiger partial charge >= 0.3 is 12.1 Å². The molecule has 1 aromatic carbocycles. The number of amides is 4. The number of aromatic nitrogens is 1. The number of piperidine rings is 2. The Labute approximate surface area is 233 Å². The lowest BCUT2D eigenvalue weighted by Gasteiger charge is -2.43. The molecular weight excluding hydrogens is 519 g/mol. The van der Waals surface area contributed by atoms with Crippen molar-refractivity contribution in [3.63, 3.8) is 0 Å². The molecule has 2 saturated heterocycles. The highest BCUT2D eigenvalue weighted by atomic mass is 32.1. The number of likely N-dealkylation sites (tertiary alicyclic amines) is 2. The normalized spacial score (nSPS) is 21.9. The number of rotatable bonds is 7. The van der Waals surface area contributed by atoms with Crippen molar-refractivity contribution in [1.82, 2.24) is 25.0 Å². The highest BCUT2D eigenvalue weighted by Crippen LogP contribution is 2.26. The van der Waals surface area contributed by atoms with Gasteiger partial charge in [-0.1, -0.05) is 23.5 Å². The quantitative estimate of drug-likeness (QED) is 0.496. The van der Waals surface area contributed by atoms with Crippen molar-refractivity contribution in [3.05, 3.63) is 46.2 Å². The minimum atomic E-state index is -0.353. The van der Waals surface area contributed by atoms with E-state index in [1.807, 2.05) is 17.0 Å². The molecule has 0 aliphatic carbocycles. The largest absolute Gasteiger partial charge is 0.335 e. The Balaban J connectivity index is 1.41. The number of urea groups is 2.